The third-order valence-corrected chi connectivity index (χ3v) is 5.15. The van der Waals surface area contributed by atoms with Gasteiger partial charge in [0.15, 0.2) is 5.96 Å². The molecule has 3 aromatic rings. The number of carbonyl (C=O) groups excluding carboxylic acids is 1. The van der Waals surface area contributed by atoms with Gasteiger partial charge in [-0.05, 0) is 35.9 Å². The van der Waals surface area contributed by atoms with Crippen LogP contribution in [0.4, 0.5) is 4.39 Å². The van der Waals surface area contributed by atoms with Gasteiger partial charge in [0.25, 0.3) is 5.91 Å². The number of nitrogens with two attached hydrogens (primary N) is 1. The van der Waals surface area contributed by atoms with E-state index in [9.17, 15) is 14.3 Å². The molecule has 0 saturated carbocycles. The maximum absolute atomic E-state index is 13.4. The summed E-state index contributed by atoms with van der Waals surface area (Å²) in [4.78, 5) is 27.3. The Bertz CT molecular complexity index is 1270. The SMILES string of the molecule is CN1C(=O)C(c2ccc(O)c(-c3cncc(C#N)c3)c2)(c2cccc(CF)n2)N=C1N. The minimum absolute atomic E-state index is 0.0137. The Kier molecular flexibility index (Phi) is 4.83. The normalized spacial score (nSPS) is 18.0. The first kappa shape index (κ1) is 20.0. The number of aromatic hydroxyl groups is 1. The van der Waals surface area contributed by atoms with Crippen LogP contribution in [-0.4, -0.2) is 38.9 Å². The predicted octanol–water partition coefficient (Wildman–Crippen LogP) is 2.22. The summed E-state index contributed by atoms with van der Waals surface area (Å²) in [6.07, 6.45) is 2.90. The van der Waals surface area contributed by atoms with Gasteiger partial charge in [0.1, 0.15) is 18.5 Å². The van der Waals surface area contributed by atoms with Crippen molar-refractivity contribution in [2.75, 3.05) is 7.05 Å². The fraction of sp³-hybridized carbons (Fsp3) is 0.136. The number of pyridine rings is 2. The standard InChI is InChI=1S/C22H17FN6O2/c1-29-20(31)22(28-21(29)25,19-4-2-3-16(9-23)27-19)15-5-6-18(30)17(8-15)14-7-13(10-24)11-26-12-14/h2-8,11-12,30H,9H2,1H3,(H2,25,28). The zero-order valence-electron chi connectivity index (χ0n) is 16.5. The molecule has 8 nitrogen and oxygen atoms in total. The molecule has 1 aromatic carbocycles. The van der Waals surface area contributed by atoms with Crippen molar-refractivity contribution in [3.05, 3.63) is 77.4 Å². The van der Waals surface area contributed by atoms with Crippen molar-refractivity contribution in [3.63, 3.8) is 0 Å². The second-order valence-corrected chi connectivity index (χ2v) is 7.00. The van der Waals surface area contributed by atoms with Gasteiger partial charge in [-0.1, -0.05) is 12.1 Å². The van der Waals surface area contributed by atoms with Crippen molar-refractivity contribution >= 4 is 11.9 Å². The van der Waals surface area contributed by atoms with Crippen molar-refractivity contribution in [3.8, 4) is 22.9 Å². The number of carbonyl (C=O) groups is 1. The molecule has 3 N–H and O–H groups in total. The van der Waals surface area contributed by atoms with Gasteiger partial charge in [0.05, 0.1) is 17.0 Å². The topological polar surface area (TPSA) is 128 Å². The van der Waals surface area contributed by atoms with Crippen LogP contribution in [-0.2, 0) is 17.0 Å². The van der Waals surface area contributed by atoms with Gasteiger partial charge in [-0.25, -0.2) is 9.38 Å². The number of nitrogens with zero attached hydrogens (tertiary/aromatic N) is 5. The molecular weight excluding hydrogens is 399 g/mol. The van der Waals surface area contributed by atoms with E-state index in [-0.39, 0.29) is 23.1 Å². The van der Waals surface area contributed by atoms with E-state index in [0.717, 1.165) is 0 Å². The van der Waals surface area contributed by atoms with Gasteiger partial charge in [0.2, 0.25) is 5.54 Å². The highest BCUT2D eigenvalue weighted by molar-refractivity contribution is 6.08. The molecule has 0 fully saturated rings. The number of nitriles is 1. The highest BCUT2D eigenvalue weighted by atomic mass is 19.1. The summed E-state index contributed by atoms with van der Waals surface area (Å²) in [5.41, 5.74) is 6.20. The fourth-order valence-corrected chi connectivity index (χ4v) is 3.54. The summed E-state index contributed by atoms with van der Waals surface area (Å²) in [5.74, 6) is -0.550. The second kappa shape index (κ2) is 7.50. The maximum atomic E-state index is 13.4. The van der Waals surface area contributed by atoms with E-state index < -0.39 is 18.1 Å². The highest BCUT2D eigenvalue weighted by Gasteiger charge is 2.51. The predicted molar refractivity (Wildman–Crippen MR) is 110 cm³/mol. The molecule has 0 bridgehead atoms. The number of halogens is 1. The first-order valence-electron chi connectivity index (χ1n) is 9.25. The monoisotopic (exact) mass is 416 g/mol. The molecule has 0 spiro atoms. The summed E-state index contributed by atoms with van der Waals surface area (Å²) >= 11 is 0. The molecule has 9 heteroatoms. The number of aliphatic imine (C=N–C) groups is 1. The Morgan fingerprint density at radius 3 is 2.74 bits per heavy atom. The Labute approximate surface area is 177 Å². The van der Waals surface area contributed by atoms with Crippen LogP contribution in [0.15, 0.2) is 59.9 Å². The number of aromatic nitrogens is 2. The van der Waals surface area contributed by atoms with Crippen LogP contribution in [0.5, 0.6) is 5.75 Å². The van der Waals surface area contributed by atoms with E-state index in [4.69, 9.17) is 11.0 Å². The van der Waals surface area contributed by atoms with Crippen LogP contribution in [0.2, 0.25) is 0 Å². The molecule has 0 radical (unpaired) electrons. The molecule has 1 amide bonds. The number of benzene rings is 1. The van der Waals surface area contributed by atoms with Gasteiger partial charge in [0, 0.05) is 30.6 Å². The van der Waals surface area contributed by atoms with E-state index >= 15 is 0 Å². The molecule has 1 aliphatic rings. The maximum Gasteiger partial charge on any atom is 0.267 e. The van der Waals surface area contributed by atoms with Gasteiger partial charge >= 0.3 is 0 Å². The molecule has 1 atom stereocenters. The second-order valence-electron chi connectivity index (χ2n) is 7.00. The Balaban J connectivity index is 1.97. The summed E-state index contributed by atoms with van der Waals surface area (Å²) in [5, 5.41) is 19.6. The van der Waals surface area contributed by atoms with E-state index in [1.54, 1.807) is 24.3 Å². The number of likely N-dealkylation sites (N-methyl/N-ethyl adjacent to an activating group) is 1. The summed E-state index contributed by atoms with van der Waals surface area (Å²) in [6, 6.07) is 12.8. The van der Waals surface area contributed by atoms with Crippen LogP contribution >= 0.6 is 0 Å². The number of phenols is 1. The molecule has 31 heavy (non-hydrogen) atoms. The van der Waals surface area contributed by atoms with E-state index in [2.05, 4.69) is 15.0 Å². The first-order valence-corrected chi connectivity index (χ1v) is 9.25. The van der Waals surface area contributed by atoms with Crippen molar-refractivity contribution < 1.29 is 14.3 Å². The summed E-state index contributed by atoms with van der Waals surface area (Å²) in [7, 11) is 1.49. The van der Waals surface area contributed by atoms with Crippen LogP contribution in [0, 0.1) is 11.3 Å². The van der Waals surface area contributed by atoms with Gasteiger partial charge in [-0.15, -0.1) is 0 Å². The minimum atomic E-state index is -1.65. The highest BCUT2D eigenvalue weighted by Crippen LogP contribution is 2.41. The van der Waals surface area contributed by atoms with Crippen LogP contribution in [0.25, 0.3) is 11.1 Å². The third kappa shape index (κ3) is 3.14. The molecule has 0 aliphatic carbocycles. The molecule has 4 rings (SSSR count). The third-order valence-electron chi connectivity index (χ3n) is 5.15. The Morgan fingerprint density at radius 2 is 2.06 bits per heavy atom. The lowest BCUT2D eigenvalue weighted by atomic mass is 9.84. The number of alkyl halides is 1. The number of rotatable bonds is 4. The Hall–Kier alpha value is -4.32. The number of amides is 1. The molecule has 1 aliphatic heterocycles. The van der Waals surface area contributed by atoms with E-state index in [0.29, 0.717) is 22.3 Å². The number of phenolic OH excluding ortho intramolecular Hbond substituents is 1. The van der Waals surface area contributed by atoms with Crippen molar-refractivity contribution in [1.82, 2.24) is 14.9 Å². The van der Waals surface area contributed by atoms with Crippen molar-refractivity contribution in [2.24, 2.45) is 10.7 Å². The van der Waals surface area contributed by atoms with Crippen LogP contribution in [0.1, 0.15) is 22.5 Å². The van der Waals surface area contributed by atoms with Gasteiger partial charge < -0.3 is 10.8 Å². The fourth-order valence-electron chi connectivity index (χ4n) is 3.54. The lowest BCUT2D eigenvalue weighted by Crippen LogP contribution is -2.41. The molecule has 0 saturated heterocycles. The van der Waals surface area contributed by atoms with Crippen molar-refractivity contribution in [1.29, 1.82) is 5.26 Å². The van der Waals surface area contributed by atoms with Crippen molar-refractivity contribution in [2.45, 2.75) is 12.2 Å². The largest absolute Gasteiger partial charge is 0.507 e. The van der Waals surface area contributed by atoms with Crippen LogP contribution < -0.4 is 5.73 Å². The quantitative estimate of drug-likeness (QED) is 0.671. The Morgan fingerprint density at radius 1 is 1.26 bits per heavy atom. The molecular formula is C22H17FN6O2. The van der Waals surface area contributed by atoms with E-state index in [1.165, 1.54) is 42.5 Å². The summed E-state index contributed by atoms with van der Waals surface area (Å²) < 4.78 is 13.3. The number of hydrogen-bond acceptors (Lipinski definition) is 7. The van der Waals surface area contributed by atoms with E-state index in [1.807, 2.05) is 6.07 Å². The van der Waals surface area contributed by atoms with Gasteiger partial charge in [-0.3, -0.25) is 19.7 Å². The molecule has 154 valence electrons. The lowest BCUT2D eigenvalue weighted by Gasteiger charge is -2.26. The smallest absolute Gasteiger partial charge is 0.267 e. The average Bonchev–Trinajstić information content (AvgIpc) is 3.04. The summed E-state index contributed by atoms with van der Waals surface area (Å²) in [6.45, 7) is -0.805. The minimum Gasteiger partial charge on any atom is -0.507 e. The molecule has 2 aromatic heterocycles. The number of guanidine groups is 1. The number of hydrogen-bond donors (Lipinski definition) is 2. The molecule has 1 unspecified atom stereocenters. The first-order chi connectivity index (χ1) is 14.9. The lowest BCUT2D eigenvalue weighted by molar-refractivity contribution is -0.129. The average molecular weight is 416 g/mol. The van der Waals surface area contributed by atoms with Crippen LogP contribution in [0.3, 0.4) is 0 Å². The zero-order chi connectivity index (χ0) is 22.2. The van der Waals surface area contributed by atoms with Gasteiger partial charge in [-0.2, -0.15) is 5.26 Å². The molecule has 3 heterocycles. The zero-order valence-corrected chi connectivity index (χ0v) is 16.5.